The number of amides is 1. The molecule has 0 atom stereocenters. The van der Waals surface area contributed by atoms with Crippen molar-refractivity contribution >= 4 is 6.09 Å². The first-order chi connectivity index (χ1) is 10.6. The Morgan fingerprint density at radius 3 is 2.32 bits per heavy atom. The molecule has 0 aromatic heterocycles. The standard InChI is InChI=1S/C17H33N3O2/c1-4-22-17(21)20-11-9-19(10-12-20)16-7-5-15(6-8-16)13-18-14(2)3/h14-16,18H,4-13H2,1-3H3. The Morgan fingerprint density at radius 2 is 1.77 bits per heavy atom. The molecule has 0 aromatic rings. The van der Waals surface area contributed by atoms with Crippen LogP contribution < -0.4 is 5.32 Å². The van der Waals surface area contributed by atoms with Gasteiger partial charge in [-0.15, -0.1) is 0 Å². The number of hydrogen-bond donors (Lipinski definition) is 1. The average Bonchev–Trinajstić information content (AvgIpc) is 2.54. The number of piperazine rings is 1. The summed E-state index contributed by atoms with van der Waals surface area (Å²) in [6, 6.07) is 1.31. The van der Waals surface area contributed by atoms with Crippen LogP contribution >= 0.6 is 0 Å². The van der Waals surface area contributed by atoms with Crippen LogP contribution in [0.5, 0.6) is 0 Å². The molecule has 2 fully saturated rings. The number of nitrogens with zero attached hydrogens (tertiary/aromatic N) is 2. The van der Waals surface area contributed by atoms with Gasteiger partial charge in [0.05, 0.1) is 6.61 Å². The largest absolute Gasteiger partial charge is 0.450 e. The van der Waals surface area contributed by atoms with E-state index < -0.39 is 0 Å². The SMILES string of the molecule is CCOC(=O)N1CCN(C2CCC(CNC(C)C)CC2)CC1. The molecule has 0 unspecified atom stereocenters. The summed E-state index contributed by atoms with van der Waals surface area (Å²) < 4.78 is 5.08. The van der Waals surface area contributed by atoms with Crippen molar-refractivity contribution in [2.75, 3.05) is 39.3 Å². The molecule has 1 aliphatic carbocycles. The molecule has 0 bridgehead atoms. The first-order valence-electron chi connectivity index (χ1n) is 8.99. The van der Waals surface area contributed by atoms with Crippen molar-refractivity contribution in [3.63, 3.8) is 0 Å². The van der Waals surface area contributed by atoms with Crippen molar-refractivity contribution in [1.82, 2.24) is 15.1 Å². The molecule has 22 heavy (non-hydrogen) atoms. The van der Waals surface area contributed by atoms with E-state index in [1.165, 1.54) is 32.2 Å². The zero-order valence-electron chi connectivity index (χ0n) is 14.5. The summed E-state index contributed by atoms with van der Waals surface area (Å²) in [7, 11) is 0. The first-order valence-corrected chi connectivity index (χ1v) is 8.99. The van der Waals surface area contributed by atoms with Gasteiger partial charge in [0, 0.05) is 38.3 Å². The van der Waals surface area contributed by atoms with E-state index in [2.05, 4.69) is 24.1 Å². The lowest BCUT2D eigenvalue weighted by Crippen LogP contribution is -2.52. The number of nitrogens with one attached hydrogen (secondary N) is 1. The maximum Gasteiger partial charge on any atom is 0.409 e. The predicted octanol–water partition coefficient (Wildman–Crippen LogP) is 2.32. The van der Waals surface area contributed by atoms with E-state index >= 15 is 0 Å². The van der Waals surface area contributed by atoms with Crippen molar-refractivity contribution in [2.45, 2.75) is 58.5 Å². The van der Waals surface area contributed by atoms with Gasteiger partial charge >= 0.3 is 6.09 Å². The molecule has 0 radical (unpaired) electrons. The van der Waals surface area contributed by atoms with Crippen LogP contribution in [0.15, 0.2) is 0 Å². The smallest absolute Gasteiger partial charge is 0.409 e. The molecule has 1 saturated carbocycles. The minimum absolute atomic E-state index is 0.148. The fourth-order valence-electron chi connectivity index (χ4n) is 3.60. The molecule has 1 aliphatic heterocycles. The Kier molecular flexibility index (Phi) is 6.96. The van der Waals surface area contributed by atoms with Gasteiger partial charge < -0.3 is 15.0 Å². The van der Waals surface area contributed by atoms with E-state index in [1.54, 1.807) is 0 Å². The maximum absolute atomic E-state index is 11.7. The number of hydrogen-bond acceptors (Lipinski definition) is 4. The lowest BCUT2D eigenvalue weighted by molar-refractivity contribution is 0.0537. The maximum atomic E-state index is 11.7. The number of carbonyl (C=O) groups is 1. The second kappa shape index (κ2) is 8.73. The number of rotatable bonds is 5. The molecule has 2 aliphatic rings. The van der Waals surface area contributed by atoms with Gasteiger partial charge in [-0.05, 0) is 45.1 Å². The average molecular weight is 311 g/mol. The Morgan fingerprint density at radius 1 is 1.14 bits per heavy atom. The number of ether oxygens (including phenoxy) is 1. The first kappa shape index (κ1) is 17.5. The van der Waals surface area contributed by atoms with Crippen LogP contribution in [-0.4, -0.2) is 67.3 Å². The zero-order chi connectivity index (χ0) is 15.9. The topological polar surface area (TPSA) is 44.8 Å². The summed E-state index contributed by atoms with van der Waals surface area (Å²) in [4.78, 5) is 16.2. The summed E-state index contributed by atoms with van der Waals surface area (Å²) in [5.74, 6) is 0.847. The molecular formula is C17H33N3O2. The third-order valence-electron chi connectivity index (χ3n) is 4.99. The van der Waals surface area contributed by atoms with Crippen LogP contribution in [0.25, 0.3) is 0 Å². The summed E-state index contributed by atoms with van der Waals surface area (Å²) in [5.41, 5.74) is 0. The van der Waals surface area contributed by atoms with Gasteiger partial charge in [0.1, 0.15) is 0 Å². The van der Waals surface area contributed by atoms with E-state index in [9.17, 15) is 4.79 Å². The highest BCUT2D eigenvalue weighted by Crippen LogP contribution is 2.28. The molecule has 1 saturated heterocycles. The molecule has 1 heterocycles. The van der Waals surface area contributed by atoms with Gasteiger partial charge in [0.25, 0.3) is 0 Å². The molecule has 0 aromatic carbocycles. The second-order valence-electron chi connectivity index (χ2n) is 6.96. The van der Waals surface area contributed by atoms with Crippen LogP contribution in [0.4, 0.5) is 4.79 Å². The lowest BCUT2D eigenvalue weighted by Gasteiger charge is -2.41. The Bertz CT molecular complexity index is 333. The predicted molar refractivity (Wildman–Crippen MR) is 89.1 cm³/mol. The summed E-state index contributed by atoms with van der Waals surface area (Å²) in [6.07, 6.45) is 5.14. The van der Waals surface area contributed by atoms with Crippen LogP contribution in [0.2, 0.25) is 0 Å². The van der Waals surface area contributed by atoms with E-state index in [0.29, 0.717) is 12.6 Å². The Labute approximate surface area is 135 Å². The van der Waals surface area contributed by atoms with Crippen molar-refractivity contribution < 1.29 is 9.53 Å². The molecule has 2 rings (SSSR count). The third-order valence-corrected chi connectivity index (χ3v) is 4.99. The molecule has 1 amide bonds. The zero-order valence-corrected chi connectivity index (χ0v) is 14.5. The fourth-order valence-corrected chi connectivity index (χ4v) is 3.60. The highest BCUT2D eigenvalue weighted by Gasteiger charge is 2.29. The highest BCUT2D eigenvalue weighted by atomic mass is 16.6. The summed E-state index contributed by atoms with van der Waals surface area (Å²) in [5, 5.41) is 3.57. The van der Waals surface area contributed by atoms with Gasteiger partial charge in [0.2, 0.25) is 0 Å². The van der Waals surface area contributed by atoms with Gasteiger partial charge in [-0.25, -0.2) is 4.79 Å². The lowest BCUT2D eigenvalue weighted by atomic mass is 9.85. The molecule has 5 nitrogen and oxygen atoms in total. The quantitative estimate of drug-likeness (QED) is 0.846. The highest BCUT2D eigenvalue weighted by molar-refractivity contribution is 5.67. The monoisotopic (exact) mass is 311 g/mol. The van der Waals surface area contributed by atoms with E-state index in [0.717, 1.165) is 38.1 Å². The van der Waals surface area contributed by atoms with Gasteiger partial charge in [-0.1, -0.05) is 13.8 Å². The van der Waals surface area contributed by atoms with E-state index in [4.69, 9.17) is 4.74 Å². The van der Waals surface area contributed by atoms with Crippen molar-refractivity contribution in [3.05, 3.63) is 0 Å². The van der Waals surface area contributed by atoms with Crippen molar-refractivity contribution in [3.8, 4) is 0 Å². The van der Waals surface area contributed by atoms with Crippen LogP contribution in [0.1, 0.15) is 46.5 Å². The number of carbonyl (C=O) groups excluding carboxylic acids is 1. The Hall–Kier alpha value is -0.810. The van der Waals surface area contributed by atoms with Crippen molar-refractivity contribution in [2.24, 2.45) is 5.92 Å². The molecular weight excluding hydrogens is 278 g/mol. The normalized spacial score (nSPS) is 27.2. The second-order valence-corrected chi connectivity index (χ2v) is 6.96. The van der Waals surface area contributed by atoms with Crippen LogP contribution in [-0.2, 0) is 4.74 Å². The van der Waals surface area contributed by atoms with E-state index in [1.807, 2.05) is 11.8 Å². The summed E-state index contributed by atoms with van der Waals surface area (Å²) in [6.45, 7) is 11.6. The molecule has 128 valence electrons. The summed E-state index contributed by atoms with van der Waals surface area (Å²) >= 11 is 0. The third kappa shape index (κ3) is 5.13. The van der Waals surface area contributed by atoms with Crippen LogP contribution in [0.3, 0.4) is 0 Å². The van der Waals surface area contributed by atoms with E-state index in [-0.39, 0.29) is 6.09 Å². The minimum atomic E-state index is -0.148. The van der Waals surface area contributed by atoms with Gasteiger partial charge in [-0.2, -0.15) is 0 Å². The molecule has 1 N–H and O–H groups in total. The molecule has 5 heteroatoms. The van der Waals surface area contributed by atoms with Gasteiger partial charge in [-0.3, -0.25) is 4.90 Å². The van der Waals surface area contributed by atoms with Crippen LogP contribution in [0, 0.1) is 5.92 Å². The fraction of sp³-hybridized carbons (Fsp3) is 0.941. The van der Waals surface area contributed by atoms with Gasteiger partial charge in [0.15, 0.2) is 0 Å². The van der Waals surface area contributed by atoms with Crippen molar-refractivity contribution in [1.29, 1.82) is 0 Å². The Balaban J connectivity index is 1.67. The minimum Gasteiger partial charge on any atom is -0.450 e. The molecule has 0 spiro atoms.